The zero-order valence-electron chi connectivity index (χ0n) is 13.2. The van der Waals surface area contributed by atoms with Gasteiger partial charge in [-0.2, -0.15) is 5.10 Å². The van der Waals surface area contributed by atoms with E-state index in [-0.39, 0.29) is 11.1 Å². The van der Waals surface area contributed by atoms with Crippen molar-refractivity contribution in [1.82, 2.24) is 20.0 Å². The molecule has 4 nitrogen and oxygen atoms in total. The van der Waals surface area contributed by atoms with Gasteiger partial charge in [0.15, 0.2) is 0 Å². The second-order valence-corrected chi connectivity index (χ2v) is 7.29. The molecule has 1 aromatic heterocycles. The van der Waals surface area contributed by atoms with Crippen LogP contribution < -0.4 is 5.32 Å². The van der Waals surface area contributed by atoms with Crippen LogP contribution in [0, 0.1) is 0 Å². The molecule has 1 fully saturated rings. The molecule has 0 radical (unpaired) electrons. The lowest BCUT2D eigenvalue weighted by molar-refractivity contribution is 0.0312. The van der Waals surface area contributed by atoms with Crippen LogP contribution >= 0.6 is 0 Å². The van der Waals surface area contributed by atoms with Gasteiger partial charge < -0.3 is 5.32 Å². The van der Waals surface area contributed by atoms with Crippen molar-refractivity contribution in [1.29, 1.82) is 0 Å². The summed E-state index contributed by atoms with van der Waals surface area (Å²) < 4.78 is 2.04. The minimum atomic E-state index is 0.177. The molecule has 1 N–H and O–H groups in total. The number of hydrogen-bond acceptors (Lipinski definition) is 3. The van der Waals surface area contributed by atoms with E-state index in [9.17, 15) is 0 Å². The average Bonchev–Trinajstić information content (AvgIpc) is 2.73. The Morgan fingerprint density at radius 2 is 2.00 bits per heavy atom. The highest BCUT2D eigenvalue weighted by atomic mass is 15.3. The van der Waals surface area contributed by atoms with Crippen LogP contribution in [0.5, 0.6) is 0 Å². The molecule has 2 heterocycles. The predicted octanol–water partition coefficient (Wildman–Crippen LogP) is 2.43. The molecule has 1 aliphatic heterocycles. The number of piperazine rings is 1. The first-order valence-electron chi connectivity index (χ1n) is 7.24. The van der Waals surface area contributed by atoms with Crippen LogP contribution in [0.25, 0.3) is 0 Å². The molecule has 0 atom stereocenters. The summed E-state index contributed by atoms with van der Waals surface area (Å²) in [6.07, 6.45) is 2.08. The molecule has 108 valence electrons. The molecule has 0 unspecified atom stereocenters. The van der Waals surface area contributed by atoms with Crippen LogP contribution in [0.1, 0.15) is 53.3 Å². The van der Waals surface area contributed by atoms with E-state index >= 15 is 0 Å². The second-order valence-electron chi connectivity index (χ2n) is 7.29. The maximum absolute atomic E-state index is 4.67. The molecule has 0 spiro atoms. The number of nitrogens with zero attached hydrogens (tertiary/aromatic N) is 3. The number of hydrogen-bond donors (Lipinski definition) is 1. The van der Waals surface area contributed by atoms with Crippen molar-refractivity contribution >= 4 is 0 Å². The van der Waals surface area contributed by atoms with Crippen molar-refractivity contribution in [3.05, 3.63) is 18.0 Å². The summed E-state index contributed by atoms with van der Waals surface area (Å²) in [4.78, 5) is 2.54. The summed E-state index contributed by atoms with van der Waals surface area (Å²) in [7, 11) is 0. The minimum Gasteiger partial charge on any atom is -0.309 e. The smallest absolute Gasteiger partial charge is 0.0765 e. The average molecular weight is 264 g/mol. The molecule has 2 rings (SSSR count). The SMILES string of the molecule is CC(C)n1ccc(CN2CC(C)(C)NCC2(C)C)n1. The van der Waals surface area contributed by atoms with E-state index in [1.807, 2.05) is 4.68 Å². The van der Waals surface area contributed by atoms with Crippen molar-refractivity contribution in [3.63, 3.8) is 0 Å². The fourth-order valence-corrected chi connectivity index (χ4v) is 2.53. The zero-order chi connectivity index (χ0) is 14.3. The Balaban J connectivity index is 2.10. The summed E-state index contributed by atoms with van der Waals surface area (Å²) >= 11 is 0. The molecule has 0 bridgehead atoms. The minimum absolute atomic E-state index is 0.177. The Bertz CT molecular complexity index is 431. The lowest BCUT2D eigenvalue weighted by atomic mass is 9.91. The lowest BCUT2D eigenvalue weighted by Crippen LogP contribution is -2.65. The van der Waals surface area contributed by atoms with E-state index < -0.39 is 0 Å². The van der Waals surface area contributed by atoms with E-state index in [0.29, 0.717) is 6.04 Å². The van der Waals surface area contributed by atoms with Crippen LogP contribution in [0.4, 0.5) is 0 Å². The molecule has 4 heteroatoms. The molecule has 1 saturated heterocycles. The van der Waals surface area contributed by atoms with Crippen molar-refractivity contribution in [2.24, 2.45) is 0 Å². The van der Waals surface area contributed by atoms with Crippen molar-refractivity contribution in [2.75, 3.05) is 13.1 Å². The Hall–Kier alpha value is -0.870. The molecular formula is C15H28N4. The molecule has 0 saturated carbocycles. The summed E-state index contributed by atoms with van der Waals surface area (Å²) in [5.74, 6) is 0. The molecule has 19 heavy (non-hydrogen) atoms. The van der Waals surface area contributed by atoms with E-state index in [1.54, 1.807) is 0 Å². The monoisotopic (exact) mass is 264 g/mol. The molecule has 1 aromatic rings. The molecule has 0 amide bonds. The van der Waals surface area contributed by atoms with Crippen LogP contribution in [0.2, 0.25) is 0 Å². The second kappa shape index (κ2) is 4.91. The first kappa shape index (κ1) is 14.5. The fraction of sp³-hybridized carbons (Fsp3) is 0.800. The topological polar surface area (TPSA) is 33.1 Å². The first-order valence-corrected chi connectivity index (χ1v) is 7.24. The van der Waals surface area contributed by atoms with Gasteiger partial charge in [0.05, 0.1) is 5.69 Å². The van der Waals surface area contributed by atoms with E-state index in [4.69, 9.17) is 0 Å². The third kappa shape index (κ3) is 3.37. The number of aromatic nitrogens is 2. The molecule has 0 aliphatic carbocycles. The van der Waals surface area contributed by atoms with Gasteiger partial charge in [0.1, 0.15) is 0 Å². The van der Waals surface area contributed by atoms with Crippen LogP contribution in [-0.4, -0.2) is 38.8 Å². The molecule has 1 aliphatic rings. The summed E-state index contributed by atoms with van der Waals surface area (Å²) in [6, 6.07) is 2.58. The highest BCUT2D eigenvalue weighted by Crippen LogP contribution is 2.25. The Kier molecular flexibility index (Phi) is 3.76. The highest BCUT2D eigenvalue weighted by Gasteiger charge is 2.37. The van der Waals surface area contributed by atoms with Gasteiger partial charge in [0.25, 0.3) is 0 Å². The first-order chi connectivity index (χ1) is 8.70. The van der Waals surface area contributed by atoms with Gasteiger partial charge in [0.2, 0.25) is 0 Å². The quantitative estimate of drug-likeness (QED) is 0.910. The van der Waals surface area contributed by atoms with Gasteiger partial charge in [-0.15, -0.1) is 0 Å². The Labute approximate surface area is 117 Å². The standard InChI is InChI=1S/C15H28N4/c1-12(2)19-8-7-13(17-19)9-18-11-14(3,4)16-10-15(18,5)6/h7-8,12,16H,9-11H2,1-6H3. The highest BCUT2D eigenvalue weighted by molar-refractivity contribution is 5.04. The largest absolute Gasteiger partial charge is 0.309 e. The van der Waals surface area contributed by atoms with E-state index in [1.165, 1.54) is 5.69 Å². The zero-order valence-corrected chi connectivity index (χ0v) is 13.2. The van der Waals surface area contributed by atoms with Gasteiger partial charge in [-0.25, -0.2) is 0 Å². The van der Waals surface area contributed by atoms with Gasteiger partial charge in [-0.3, -0.25) is 9.58 Å². The lowest BCUT2D eigenvalue weighted by Gasteiger charge is -2.49. The van der Waals surface area contributed by atoms with Crippen LogP contribution in [0.15, 0.2) is 12.3 Å². The molecule has 0 aromatic carbocycles. The van der Waals surface area contributed by atoms with Crippen molar-refractivity contribution in [3.8, 4) is 0 Å². The fourth-order valence-electron chi connectivity index (χ4n) is 2.53. The predicted molar refractivity (Wildman–Crippen MR) is 79.2 cm³/mol. The van der Waals surface area contributed by atoms with Gasteiger partial charge >= 0.3 is 0 Å². The summed E-state index contributed by atoms with van der Waals surface area (Å²) in [5.41, 5.74) is 1.52. The maximum Gasteiger partial charge on any atom is 0.0765 e. The Morgan fingerprint density at radius 1 is 1.32 bits per heavy atom. The van der Waals surface area contributed by atoms with Crippen molar-refractivity contribution in [2.45, 2.75) is 65.2 Å². The van der Waals surface area contributed by atoms with Gasteiger partial charge in [-0.05, 0) is 47.6 Å². The van der Waals surface area contributed by atoms with Gasteiger partial charge in [-0.1, -0.05) is 0 Å². The van der Waals surface area contributed by atoms with Gasteiger partial charge in [0, 0.05) is 43.0 Å². The number of rotatable bonds is 3. The van der Waals surface area contributed by atoms with E-state index in [2.05, 4.69) is 69.1 Å². The van der Waals surface area contributed by atoms with Crippen LogP contribution in [-0.2, 0) is 6.54 Å². The van der Waals surface area contributed by atoms with E-state index in [0.717, 1.165) is 19.6 Å². The third-order valence-electron chi connectivity index (χ3n) is 3.99. The summed E-state index contributed by atoms with van der Waals surface area (Å²) in [5, 5.41) is 8.29. The van der Waals surface area contributed by atoms with Crippen LogP contribution in [0.3, 0.4) is 0 Å². The Morgan fingerprint density at radius 3 is 2.58 bits per heavy atom. The third-order valence-corrected chi connectivity index (χ3v) is 3.99. The summed E-state index contributed by atoms with van der Waals surface area (Å²) in [6.45, 7) is 16.5. The normalized spacial score (nSPS) is 22.9. The molecular weight excluding hydrogens is 236 g/mol. The van der Waals surface area contributed by atoms with Crippen molar-refractivity contribution < 1.29 is 0 Å². The number of nitrogens with one attached hydrogen (secondary N) is 1. The maximum atomic E-state index is 4.67.